The second-order valence-corrected chi connectivity index (χ2v) is 5.78. The number of anilines is 1. The van der Waals surface area contributed by atoms with Crippen LogP contribution in [0.1, 0.15) is 5.56 Å². The molecule has 0 aromatic heterocycles. The van der Waals surface area contributed by atoms with Crippen molar-refractivity contribution in [2.45, 2.75) is 6.54 Å². The van der Waals surface area contributed by atoms with Gasteiger partial charge < -0.3 is 34.3 Å². The minimum absolute atomic E-state index is 0.237. The number of rotatable bonds is 6. The summed E-state index contributed by atoms with van der Waals surface area (Å²) in [7, 11) is 4.74. The molecule has 26 heavy (non-hydrogen) atoms. The highest BCUT2D eigenvalue weighted by atomic mass is 32.1. The van der Waals surface area contributed by atoms with E-state index < -0.39 is 0 Å². The van der Waals surface area contributed by atoms with Crippen molar-refractivity contribution in [3.05, 3.63) is 35.9 Å². The molecule has 1 aliphatic rings. The highest BCUT2D eigenvalue weighted by Gasteiger charge is 2.16. The van der Waals surface area contributed by atoms with Gasteiger partial charge in [-0.15, -0.1) is 0 Å². The predicted octanol–water partition coefficient (Wildman–Crippen LogP) is 2.93. The van der Waals surface area contributed by atoms with E-state index in [9.17, 15) is 0 Å². The van der Waals surface area contributed by atoms with Crippen LogP contribution in [0.2, 0.25) is 0 Å². The first kappa shape index (κ1) is 17.9. The van der Waals surface area contributed by atoms with Gasteiger partial charge >= 0.3 is 0 Å². The fourth-order valence-electron chi connectivity index (χ4n) is 2.63. The Bertz CT molecular complexity index is 812. The third-order valence-corrected chi connectivity index (χ3v) is 4.10. The monoisotopic (exact) mass is 376 g/mol. The Labute approximate surface area is 157 Å². The Kier molecular flexibility index (Phi) is 5.52. The lowest BCUT2D eigenvalue weighted by atomic mass is 10.1. The van der Waals surface area contributed by atoms with E-state index in [1.807, 2.05) is 30.3 Å². The number of hydrogen-bond donors (Lipinski definition) is 2. The number of hydrogen-bond acceptors (Lipinski definition) is 6. The topological polar surface area (TPSA) is 70.2 Å². The Morgan fingerprint density at radius 3 is 2.50 bits per heavy atom. The van der Waals surface area contributed by atoms with Crippen LogP contribution < -0.4 is 34.3 Å². The van der Waals surface area contributed by atoms with Gasteiger partial charge in [0, 0.05) is 23.9 Å². The first-order valence-corrected chi connectivity index (χ1v) is 8.29. The van der Waals surface area contributed by atoms with Crippen molar-refractivity contribution in [2.24, 2.45) is 0 Å². The SMILES string of the molecule is COc1ccc(CNC(=S)Nc2ccc3c(c2)OCO3)c(OC)c1OC. The van der Waals surface area contributed by atoms with E-state index in [4.69, 9.17) is 35.9 Å². The molecule has 0 spiro atoms. The first-order valence-electron chi connectivity index (χ1n) is 7.88. The minimum atomic E-state index is 0.237. The zero-order valence-corrected chi connectivity index (χ0v) is 15.6. The van der Waals surface area contributed by atoms with Crippen molar-refractivity contribution >= 4 is 23.0 Å². The maximum absolute atomic E-state index is 5.47. The van der Waals surface area contributed by atoms with Gasteiger partial charge in [0.1, 0.15) is 0 Å². The molecular formula is C18H20N2O5S. The summed E-state index contributed by atoms with van der Waals surface area (Å²) in [6.07, 6.45) is 0. The molecule has 0 atom stereocenters. The fourth-order valence-corrected chi connectivity index (χ4v) is 2.82. The molecule has 0 bridgehead atoms. The average molecular weight is 376 g/mol. The first-order chi connectivity index (χ1) is 12.7. The summed E-state index contributed by atoms with van der Waals surface area (Å²) in [4.78, 5) is 0. The highest BCUT2D eigenvalue weighted by Crippen LogP contribution is 2.39. The summed E-state index contributed by atoms with van der Waals surface area (Å²) in [6.45, 7) is 0.695. The normalized spacial score (nSPS) is 11.7. The lowest BCUT2D eigenvalue weighted by Crippen LogP contribution is -2.28. The Balaban J connectivity index is 1.66. The molecule has 0 saturated heterocycles. The zero-order valence-electron chi connectivity index (χ0n) is 14.8. The van der Waals surface area contributed by atoms with E-state index >= 15 is 0 Å². The number of ether oxygens (including phenoxy) is 5. The lowest BCUT2D eigenvalue weighted by Gasteiger charge is -2.17. The van der Waals surface area contributed by atoms with Crippen LogP contribution in [0, 0.1) is 0 Å². The molecule has 1 aliphatic heterocycles. The van der Waals surface area contributed by atoms with Crippen LogP contribution in [0.15, 0.2) is 30.3 Å². The molecule has 0 fully saturated rings. The number of nitrogens with one attached hydrogen (secondary N) is 2. The number of methoxy groups -OCH3 is 3. The Morgan fingerprint density at radius 1 is 1.00 bits per heavy atom. The summed E-state index contributed by atoms with van der Waals surface area (Å²) in [5.41, 5.74) is 1.70. The van der Waals surface area contributed by atoms with Crippen molar-refractivity contribution in [1.29, 1.82) is 0 Å². The number of thiocarbonyl (C=S) groups is 1. The average Bonchev–Trinajstić information content (AvgIpc) is 3.13. The van der Waals surface area contributed by atoms with Crippen LogP contribution in [0.25, 0.3) is 0 Å². The fraction of sp³-hybridized carbons (Fsp3) is 0.278. The van der Waals surface area contributed by atoms with Crippen molar-refractivity contribution < 1.29 is 23.7 Å². The molecule has 3 rings (SSSR count). The molecule has 0 aliphatic carbocycles. The Morgan fingerprint density at radius 2 is 1.77 bits per heavy atom. The van der Waals surface area contributed by atoms with Gasteiger partial charge in [0.05, 0.1) is 21.3 Å². The molecular weight excluding hydrogens is 356 g/mol. The smallest absolute Gasteiger partial charge is 0.231 e. The van der Waals surface area contributed by atoms with Gasteiger partial charge in [-0.05, 0) is 36.5 Å². The predicted molar refractivity (Wildman–Crippen MR) is 102 cm³/mol. The van der Waals surface area contributed by atoms with E-state index in [2.05, 4.69) is 10.6 Å². The van der Waals surface area contributed by atoms with Crippen LogP contribution in [0.4, 0.5) is 5.69 Å². The maximum Gasteiger partial charge on any atom is 0.231 e. The molecule has 0 saturated carbocycles. The van der Waals surface area contributed by atoms with Crippen molar-refractivity contribution in [1.82, 2.24) is 5.32 Å². The molecule has 138 valence electrons. The quantitative estimate of drug-likeness (QED) is 0.746. The van der Waals surface area contributed by atoms with Gasteiger partial charge in [-0.2, -0.15) is 0 Å². The molecule has 2 aromatic carbocycles. The standard InChI is InChI=1S/C18H20N2O5S/c1-21-14-6-4-11(16(22-2)17(14)23-3)9-19-18(26)20-12-5-7-13-15(8-12)25-10-24-13/h4-8H,9-10H2,1-3H3,(H2,19,20,26). The lowest BCUT2D eigenvalue weighted by molar-refractivity contribution is 0.174. The third kappa shape index (κ3) is 3.70. The number of benzene rings is 2. The Hall–Kier alpha value is -2.87. The third-order valence-electron chi connectivity index (χ3n) is 3.86. The second-order valence-electron chi connectivity index (χ2n) is 5.37. The van der Waals surface area contributed by atoms with Crippen LogP contribution in [0.5, 0.6) is 28.7 Å². The van der Waals surface area contributed by atoms with E-state index in [1.54, 1.807) is 21.3 Å². The molecule has 0 amide bonds. The van der Waals surface area contributed by atoms with Gasteiger partial charge in [0.25, 0.3) is 0 Å². The molecule has 7 nitrogen and oxygen atoms in total. The van der Waals surface area contributed by atoms with Crippen LogP contribution in [0.3, 0.4) is 0 Å². The minimum Gasteiger partial charge on any atom is -0.493 e. The molecule has 2 aromatic rings. The molecule has 1 heterocycles. The van der Waals surface area contributed by atoms with Crippen LogP contribution in [-0.2, 0) is 6.54 Å². The van der Waals surface area contributed by atoms with E-state index in [0.717, 1.165) is 17.0 Å². The highest BCUT2D eigenvalue weighted by molar-refractivity contribution is 7.80. The maximum atomic E-state index is 5.47. The van der Waals surface area contributed by atoms with E-state index in [1.165, 1.54) is 0 Å². The summed E-state index contributed by atoms with van der Waals surface area (Å²) >= 11 is 5.36. The van der Waals surface area contributed by atoms with Crippen LogP contribution >= 0.6 is 12.2 Å². The summed E-state index contributed by atoms with van der Waals surface area (Å²) in [6, 6.07) is 9.28. The molecule has 0 radical (unpaired) electrons. The van der Waals surface area contributed by atoms with E-state index in [-0.39, 0.29) is 6.79 Å². The second kappa shape index (κ2) is 8.01. The van der Waals surface area contributed by atoms with E-state index in [0.29, 0.717) is 34.7 Å². The van der Waals surface area contributed by atoms with Crippen molar-refractivity contribution in [3.8, 4) is 28.7 Å². The van der Waals surface area contributed by atoms with Gasteiger partial charge in [0.2, 0.25) is 12.5 Å². The molecule has 0 unspecified atom stereocenters. The summed E-state index contributed by atoms with van der Waals surface area (Å²) < 4.78 is 26.8. The zero-order chi connectivity index (χ0) is 18.5. The van der Waals surface area contributed by atoms with Crippen LogP contribution in [-0.4, -0.2) is 33.2 Å². The van der Waals surface area contributed by atoms with Gasteiger partial charge in [-0.1, -0.05) is 0 Å². The van der Waals surface area contributed by atoms with Gasteiger partial charge in [0.15, 0.2) is 28.1 Å². The van der Waals surface area contributed by atoms with Gasteiger partial charge in [-0.3, -0.25) is 0 Å². The largest absolute Gasteiger partial charge is 0.493 e. The van der Waals surface area contributed by atoms with Gasteiger partial charge in [-0.25, -0.2) is 0 Å². The van der Waals surface area contributed by atoms with Crippen molar-refractivity contribution in [3.63, 3.8) is 0 Å². The summed E-state index contributed by atoms with van der Waals surface area (Å²) in [5.74, 6) is 3.17. The van der Waals surface area contributed by atoms with Crippen molar-refractivity contribution in [2.75, 3.05) is 33.4 Å². The number of fused-ring (bicyclic) bond motifs is 1. The molecule has 8 heteroatoms. The molecule has 2 N–H and O–H groups in total. The summed E-state index contributed by atoms with van der Waals surface area (Å²) in [5, 5.41) is 6.74.